The number of nitrogens with zero attached hydrogens (tertiary/aromatic N) is 3. The molecule has 0 radical (unpaired) electrons. The molecule has 0 saturated carbocycles. The standard InChI is InChI=1S/C30H37N5O12S/c36-24(37)15-33(9-10-34(16-25(38)39)17-26(40)41)11-12-35(18-27(42)43)23(29(46)47)13-19-3-7-22(8-4-19)32-30(48)31-14-20-1-5-21(6-2-20)28(44)45/h1-8,23H,9-18H2,(H,36,37)(H,38,39)(H,40,41)(H,42,43)(H,44,45)(H,46,47)(H2,31,32,48). The molecule has 48 heavy (non-hydrogen) atoms. The summed E-state index contributed by atoms with van der Waals surface area (Å²) in [5.41, 5.74) is 2.10. The number of rotatable bonds is 22. The average Bonchev–Trinajstić information content (AvgIpc) is 2.99. The molecule has 18 heteroatoms. The lowest BCUT2D eigenvalue weighted by molar-refractivity contribution is -0.147. The first-order valence-electron chi connectivity index (χ1n) is 14.4. The molecule has 1 unspecified atom stereocenters. The lowest BCUT2D eigenvalue weighted by atomic mass is 10.0. The van der Waals surface area contributed by atoms with Gasteiger partial charge in [-0.1, -0.05) is 24.3 Å². The fourth-order valence-electron chi connectivity index (χ4n) is 4.57. The Morgan fingerprint density at radius 2 is 1.10 bits per heavy atom. The van der Waals surface area contributed by atoms with Gasteiger partial charge in [0.05, 0.1) is 31.7 Å². The normalized spacial score (nSPS) is 11.6. The van der Waals surface area contributed by atoms with E-state index in [4.69, 9.17) is 27.5 Å². The highest BCUT2D eigenvalue weighted by atomic mass is 32.1. The second-order valence-corrected chi connectivity index (χ2v) is 11.0. The van der Waals surface area contributed by atoms with Gasteiger partial charge in [-0.2, -0.15) is 0 Å². The van der Waals surface area contributed by atoms with Crippen LogP contribution in [0, 0.1) is 0 Å². The smallest absolute Gasteiger partial charge is 0.335 e. The summed E-state index contributed by atoms with van der Waals surface area (Å²) < 4.78 is 0. The molecule has 0 aromatic heterocycles. The van der Waals surface area contributed by atoms with E-state index in [1.165, 1.54) is 21.9 Å². The predicted molar refractivity (Wildman–Crippen MR) is 173 cm³/mol. The van der Waals surface area contributed by atoms with Crippen molar-refractivity contribution in [3.63, 3.8) is 0 Å². The molecule has 0 amide bonds. The van der Waals surface area contributed by atoms with Gasteiger partial charge in [0.25, 0.3) is 0 Å². The first-order chi connectivity index (χ1) is 22.6. The van der Waals surface area contributed by atoms with Crippen molar-refractivity contribution < 1.29 is 59.4 Å². The Bertz CT molecular complexity index is 1440. The second kappa shape index (κ2) is 19.5. The molecule has 2 rings (SSSR count). The predicted octanol–water partition coefficient (Wildman–Crippen LogP) is 0.112. The third kappa shape index (κ3) is 14.9. The summed E-state index contributed by atoms with van der Waals surface area (Å²) in [5, 5.41) is 62.2. The van der Waals surface area contributed by atoms with E-state index < -0.39 is 68.0 Å². The molecule has 0 aliphatic carbocycles. The van der Waals surface area contributed by atoms with Gasteiger partial charge in [-0.15, -0.1) is 0 Å². The summed E-state index contributed by atoms with van der Waals surface area (Å²) in [6.45, 7) is -2.53. The zero-order chi connectivity index (χ0) is 35.8. The number of hydrogen-bond acceptors (Lipinski definition) is 10. The first kappa shape index (κ1) is 39.0. The van der Waals surface area contributed by atoms with Crippen molar-refractivity contribution in [1.82, 2.24) is 20.0 Å². The van der Waals surface area contributed by atoms with Crippen LogP contribution in [0.1, 0.15) is 21.5 Å². The third-order valence-electron chi connectivity index (χ3n) is 6.87. The van der Waals surface area contributed by atoms with Crippen molar-refractivity contribution in [1.29, 1.82) is 0 Å². The van der Waals surface area contributed by atoms with E-state index in [1.807, 2.05) is 0 Å². The van der Waals surface area contributed by atoms with Crippen LogP contribution < -0.4 is 10.6 Å². The van der Waals surface area contributed by atoms with E-state index >= 15 is 0 Å². The zero-order valence-corrected chi connectivity index (χ0v) is 26.5. The van der Waals surface area contributed by atoms with Crippen molar-refractivity contribution in [3.05, 3.63) is 65.2 Å². The average molecular weight is 692 g/mol. The Hall–Kier alpha value is -5.17. The molecule has 0 aliphatic rings. The molecule has 0 aliphatic heterocycles. The summed E-state index contributed by atoms with van der Waals surface area (Å²) >= 11 is 5.31. The number of anilines is 1. The fraction of sp³-hybridized carbons (Fsp3) is 0.367. The SMILES string of the molecule is O=C(O)CN(CCN(CC(=O)O)CC(=O)O)CCN(CC(=O)O)C(Cc1ccc(NC(=S)NCc2ccc(C(=O)O)cc2)cc1)C(=O)O. The quantitative estimate of drug-likeness (QED) is 0.0762. The molecule has 8 N–H and O–H groups in total. The second-order valence-electron chi connectivity index (χ2n) is 10.6. The lowest BCUT2D eigenvalue weighted by Gasteiger charge is -2.31. The molecule has 1 atom stereocenters. The Morgan fingerprint density at radius 1 is 0.625 bits per heavy atom. The van der Waals surface area contributed by atoms with Gasteiger partial charge in [-0.25, -0.2) is 4.79 Å². The van der Waals surface area contributed by atoms with Gasteiger partial charge in [0.2, 0.25) is 0 Å². The molecule has 0 spiro atoms. The highest BCUT2D eigenvalue weighted by Crippen LogP contribution is 2.15. The number of carbonyl (C=O) groups is 6. The highest BCUT2D eigenvalue weighted by Gasteiger charge is 2.28. The van der Waals surface area contributed by atoms with E-state index in [-0.39, 0.29) is 43.3 Å². The maximum absolute atomic E-state index is 12.3. The maximum Gasteiger partial charge on any atom is 0.335 e. The number of carboxylic acid groups (broad SMARTS) is 6. The zero-order valence-electron chi connectivity index (χ0n) is 25.6. The minimum atomic E-state index is -1.31. The number of nitrogens with one attached hydrogen (secondary N) is 2. The molecular formula is C30H37N5O12S. The van der Waals surface area contributed by atoms with E-state index in [2.05, 4.69) is 10.6 Å². The molecule has 0 saturated heterocycles. The topological polar surface area (TPSA) is 258 Å². The van der Waals surface area contributed by atoms with Gasteiger partial charge in [0.15, 0.2) is 5.11 Å². The fourth-order valence-corrected chi connectivity index (χ4v) is 4.76. The van der Waals surface area contributed by atoms with Crippen LogP contribution in [0.15, 0.2) is 48.5 Å². The van der Waals surface area contributed by atoms with Crippen molar-refractivity contribution in [2.75, 3.05) is 57.7 Å². The van der Waals surface area contributed by atoms with Crippen molar-refractivity contribution in [2.45, 2.75) is 19.0 Å². The maximum atomic E-state index is 12.3. The summed E-state index contributed by atoms with van der Waals surface area (Å²) in [6.07, 6.45) is -0.0954. The third-order valence-corrected chi connectivity index (χ3v) is 7.12. The van der Waals surface area contributed by atoms with Crippen LogP contribution in [0.3, 0.4) is 0 Å². The van der Waals surface area contributed by atoms with Gasteiger partial charge in [0.1, 0.15) is 6.04 Å². The molecule has 260 valence electrons. The number of benzene rings is 2. The van der Waals surface area contributed by atoms with Crippen LogP contribution in [0.4, 0.5) is 5.69 Å². The minimum Gasteiger partial charge on any atom is -0.480 e. The van der Waals surface area contributed by atoms with Crippen LogP contribution in [0.25, 0.3) is 0 Å². The molecule has 0 heterocycles. The van der Waals surface area contributed by atoms with Crippen LogP contribution in [0.5, 0.6) is 0 Å². The molecule has 2 aromatic carbocycles. The Balaban J connectivity index is 2.05. The largest absolute Gasteiger partial charge is 0.480 e. The molecule has 2 aromatic rings. The summed E-state index contributed by atoms with van der Waals surface area (Å²) in [7, 11) is 0. The van der Waals surface area contributed by atoms with E-state index in [9.17, 15) is 44.1 Å². The van der Waals surface area contributed by atoms with E-state index in [0.717, 1.165) is 10.5 Å². The summed E-state index contributed by atoms with van der Waals surface area (Å²) in [6, 6.07) is 11.5. The molecule has 0 fully saturated rings. The Kier molecular flexibility index (Phi) is 15.8. The van der Waals surface area contributed by atoms with Gasteiger partial charge >= 0.3 is 35.8 Å². The first-order valence-corrected chi connectivity index (χ1v) is 14.8. The molecular weight excluding hydrogens is 654 g/mol. The number of hydrogen-bond donors (Lipinski definition) is 8. The van der Waals surface area contributed by atoms with Crippen molar-refractivity contribution in [3.8, 4) is 0 Å². The number of aromatic carboxylic acids is 1. The van der Waals surface area contributed by atoms with Gasteiger partial charge in [-0.05, 0) is 54.0 Å². The van der Waals surface area contributed by atoms with Gasteiger partial charge in [-0.3, -0.25) is 38.7 Å². The molecule has 17 nitrogen and oxygen atoms in total. The highest BCUT2D eigenvalue weighted by molar-refractivity contribution is 7.80. The van der Waals surface area contributed by atoms with E-state index in [0.29, 0.717) is 17.8 Å². The van der Waals surface area contributed by atoms with E-state index in [1.54, 1.807) is 36.4 Å². The minimum absolute atomic E-state index is 0.0757. The van der Waals surface area contributed by atoms with Crippen LogP contribution >= 0.6 is 12.2 Å². The van der Waals surface area contributed by atoms with Crippen molar-refractivity contribution in [2.24, 2.45) is 0 Å². The van der Waals surface area contributed by atoms with Crippen molar-refractivity contribution >= 4 is 58.8 Å². The Morgan fingerprint density at radius 3 is 1.60 bits per heavy atom. The van der Waals surface area contributed by atoms with Crippen LogP contribution in [-0.4, -0.2) is 145 Å². The lowest BCUT2D eigenvalue weighted by Crippen LogP contribution is -2.49. The van der Waals surface area contributed by atoms with Gasteiger partial charge in [0, 0.05) is 38.4 Å². The summed E-state index contributed by atoms with van der Waals surface area (Å²) in [4.78, 5) is 72.2. The molecule has 0 bridgehead atoms. The number of aliphatic carboxylic acids is 5. The van der Waals surface area contributed by atoms with Crippen LogP contribution in [-0.2, 0) is 36.9 Å². The number of carboxylic acids is 6. The van der Waals surface area contributed by atoms with Gasteiger partial charge < -0.3 is 41.3 Å². The monoisotopic (exact) mass is 691 g/mol. The Labute approximate surface area is 280 Å². The number of thiocarbonyl (C=S) groups is 1. The van der Waals surface area contributed by atoms with Crippen LogP contribution in [0.2, 0.25) is 0 Å². The summed E-state index contributed by atoms with van der Waals surface area (Å²) in [5.74, 6) is -7.43.